The summed E-state index contributed by atoms with van der Waals surface area (Å²) in [5.74, 6) is -0.346. The lowest BCUT2D eigenvalue weighted by molar-refractivity contribution is 0.0591. The average Bonchev–Trinajstić information content (AvgIpc) is 2.93. The van der Waals surface area contributed by atoms with Crippen molar-refractivity contribution in [3.05, 3.63) is 47.3 Å². The second-order valence-corrected chi connectivity index (χ2v) is 5.50. The minimum absolute atomic E-state index is 0.346. The van der Waals surface area contributed by atoms with Gasteiger partial charge >= 0.3 is 5.97 Å². The van der Waals surface area contributed by atoms with E-state index in [-0.39, 0.29) is 5.97 Å². The van der Waals surface area contributed by atoms with Crippen molar-refractivity contribution in [3.8, 4) is 0 Å². The summed E-state index contributed by atoms with van der Waals surface area (Å²) in [7, 11) is 1.41. The number of rotatable bonds is 4. The molecule has 116 valence electrons. The van der Waals surface area contributed by atoms with Gasteiger partial charge in [-0.25, -0.2) is 4.79 Å². The van der Waals surface area contributed by atoms with Crippen LogP contribution in [0.15, 0.2) is 30.3 Å². The van der Waals surface area contributed by atoms with E-state index in [9.17, 15) is 4.79 Å². The fourth-order valence-electron chi connectivity index (χ4n) is 3.01. The molecule has 3 rings (SSSR count). The zero-order valence-electron chi connectivity index (χ0n) is 13.1. The molecule has 0 atom stereocenters. The van der Waals surface area contributed by atoms with Gasteiger partial charge in [0, 0.05) is 43.0 Å². The van der Waals surface area contributed by atoms with Gasteiger partial charge in [-0.2, -0.15) is 5.10 Å². The van der Waals surface area contributed by atoms with Crippen LogP contribution in [0.4, 0.5) is 5.69 Å². The van der Waals surface area contributed by atoms with E-state index >= 15 is 0 Å². The summed E-state index contributed by atoms with van der Waals surface area (Å²) in [6.07, 6.45) is 1.89. The van der Waals surface area contributed by atoms with Crippen LogP contribution < -0.4 is 4.90 Å². The highest BCUT2D eigenvalue weighted by molar-refractivity contribution is 5.89. The molecule has 0 unspecified atom stereocenters. The van der Waals surface area contributed by atoms with Crippen LogP contribution in [0.1, 0.15) is 35.1 Å². The number of hydrogen-bond acceptors (Lipinski definition) is 4. The van der Waals surface area contributed by atoms with Gasteiger partial charge in [-0.3, -0.25) is 4.68 Å². The number of carbonyl (C=O) groups is 1. The Kier molecular flexibility index (Phi) is 4.13. The van der Waals surface area contributed by atoms with E-state index in [0.29, 0.717) is 12.2 Å². The molecule has 0 bridgehead atoms. The van der Waals surface area contributed by atoms with Crippen LogP contribution in [0, 0.1) is 0 Å². The Bertz CT molecular complexity index is 664. The molecule has 0 saturated heterocycles. The molecule has 0 N–H and O–H groups in total. The zero-order valence-corrected chi connectivity index (χ0v) is 13.1. The predicted octanol–water partition coefficient (Wildman–Crippen LogP) is 2.64. The third-order valence-electron chi connectivity index (χ3n) is 4.07. The lowest BCUT2D eigenvalue weighted by atomic mass is 10.0. The largest absolute Gasteiger partial charge is 0.464 e. The van der Waals surface area contributed by atoms with E-state index in [1.165, 1.54) is 18.5 Å². The number of ether oxygens (including phenoxy) is 1. The van der Waals surface area contributed by atoms with E-state index in [0.717, 1.165) is 31.5 Å². The molecule has 0 saturated carbocycles. The molecule has 0 fully saturated rings. The van der Waals surface area contributed by atoms with Crippen molar-refractivity contribution in [2.45, 2.75) is 32.9 Å². The van der Waals surface area contributed by atoms with Gasteiger partial charge < -0.3 is 9.64 Å². The van der Waals surface area contributed by atoms with Gasteiger partial charge in [-0.05, 0) is 18.6 Å². The molecule has 5 nitrogen and oxygen atoms in total. The number of para-hydroxylation sites is 1. The summed E-state index contributed by atoms with van der Waals surface area (Å²) in [6, 6.07) is 10.3. The van der Waals surface area contributed by atoms with Crippen LogP contribution in [0.3, 0.4) is 0 Å². The molecule has 1 aromatic heterocycles. The van der Waals surface area contributed by atoms with Gasteiger partial charge in [0.15, 0.2) is 5.69 Å². The standard InChI is InChI=1S/C17H21N3O2/c1-3-10-20-15-9-11-19(13-7-5-4-6-8-13)12-14(15)16(18-20)17(21)22-2/h4-8H,3,9-12H2,1-2H3. The van der Waals surface area contributed by atoms with E-state index in [1.54, 1.807) is 0 Å². The quantitative estimate of drug-likeness (QED) is 0.814. The second-order valence-electron chi connectivity index (χ2n) is 5.50. The summed E-state index contributed by atoms with van der Waals surface area (Å²) in [4.78, 5) is 14.3. The third-order valence-corrected chi connectivity index (χ3v) is 4.07. The fourth-order valence-corrected chi connectivity index (χ4v) is 3.01. The number of nitrogens with zero attached hydrogens (tertiary/aromatic N) is 3. The molecule has 2 heterocycles. The number of aryl methyl sites for hydroxylation is 1. The van der Waals surface area contributed by atoms with E-state index < -0.39 is 0 Å². The van der Waals surface area contributed by atoms with Gasteiger partial charge in [-0.1, -0.05) is 25.1 Å². The van der Waals surface area contributed by atoms with Gasteiger partial charge in [0.25, 0.3) is 0 Å². The first kappa shape index (κ1) is 14.6. The van der Waals surface area contributed by atoms with E-state index in [1.807, 2.05) is 22.9 Å². The number of methoxy groups -OCH3 is 1. The Hall–Kier alpha value is -2.30. The SMILES string of the molecule is CCCn1nc(C(=O)OC)c2c1CCN(c1ccccc1)C2. The molecule has 5 heteroatoms. The summed E-state index contributed by atoms with van der Waals surface area (Å²) < 4.78 is 6.88. The fraction of sp³-hybridized carbons (Fsp3) is 0.412. The van der Waals surface area contributed by atoms with E-state index in [2.05, 4.69) is 29.1 Å². The van der Waals surface area contributed by atoms with Crippen LogP contribution in [0.5, 0.6) is 0 Å². The minimum Gasteiger partial charge on any atom is -0.464 e. The molecular weight excluding hydrogens is 278 g/mol. The van der Waals surface area contributed by atoms with Crippen LogP contribution in [0.2, 0.25) is 0 Å². The Morgan fingerprint density at radius 3 is 2.77 bits per heavy atom. The predicted molar refractivity (Wildman–Crippen MR) is 85.1 cm³/mol. The van der Waals surface area contributed by atoms with Crippen molar-refractivity contribution in [3.63, 3.8) is 0 Å². The molecule has 0 spiro atoms. The number of carbonyl (C=O) groups excluding carboxylic acids is 1. The number of benzene rings is 1. The number of aromatic nitrogens is 2. The van der Waals surface area contributed by atoms with Crippen molar-refractivity contribution < 1.29 is 9.53 Å². The lowest BCUT2D eigenvalue weighted by Crippen LogP contribution is -2.31. The monoisotopic (exact) mass is 299 g/mol. The highest BCUT2D eigenvalue weighted by Crippen LogP contribution is 2.27. The molecular formula is C17H21N3O2. The summed E-state index contributed by atoms with van der Waals surface area (Å²) >= 11 is 0. The maximum absolute atomic E-state index is 12.0. The summed E-state index contributed by atoms with van der Waals surface area (Å²) in [5, 5.41) is 4.50. The van der Waals surface area contributed by atoms with E-state index in [4.69, 9.17) is 4.74 Å². The van der Waals surface area contributed by atoms with Crippen LogP contribution in [0.25, 0.3) is 0 Å². The molecule has 0 aliphatic carbocycles. The summed E-state index contributed by atoms with van der Waals surface area (Å²) in [5.41, 5.74) is 3.82. The normalized spacial score (nSPS) is 13.8. The number of esters is 1. The lowest BCUT2D eigenvalue weighted by Gasteiger charge is -2.29. The highest BCUT2D eigenvalue weighted by atomic mass is 16.5. The first-order valence-electron chi connectivity index (χ1n) is 7.71. The van der Waals surface area contributed by atoms with Crippen LogP contribution in [-0.4, -0.2) is 29.4 Å². The minimum atomic E-state index is -0.346. The van der Waals surface area contributed by atoms with Gasteiger partial charge in [-0.15, -0.1) is 0 Å². The third kappa shape index (κ3) is 2.58. The van der Waals surface area contributed by atoms with Gasteiger partial charge in [0.05, 0.1) is 7.11 Å². The molecule has 0 radical (unpaired) electrons. The van der Waals surface area contributed by atoms with Crippen molar-refractivity contribution in [1.82, 2.24) is 9.78 Å². The van der Waals surface area contributed by atoms with Crippen molar-refractivity contribution >= 4 is 11.7 Å². The van der Waals surface area contributed by atoms with Crippen molar-refractivity contribution in [2.75, 3.05) is 18.6 Å². The molecule has 1 aliphatic rings. The Morgan fingerprint density at radius 2 is 2.09 bits per heavy atom. The average molecular weight is 299 g/mol. The molecule has 0 amide bonds. The molecule has 22 heavy (non-hydrogen) atoms. The number of anilines is 1. The van der Waals surface area contributed by atoms with Gasteiger partial charge in [0.1, 0.15) is 0 Å². The second kappa shape index (κ2) is 6.22. The van der Waals surface area contributed by atoms with Crippen LogP contribution >= 0.6 is 0 Å². The first-order chi connectivity index (χ1) is 10.7. The van der Waals surface area contributed by atoms with Crippen molar-refractivity contribution in [2.24, 2.45) is 0 Å². The Labute approximate surface area is 130 Å². The van der Waals surface area contributed by atoms with Crippen LogP contribution in [-0.2, 0) is 24.2 Å². The van der Waals surface area contributed by atoms with Gasteiger partial charge in [0.2, 0.25) is 0 Å². The molecule has 2 aromatic rings. The zero-order chi connectivity index (χ0) is 15.5. The number of fused-ring (bicyclic) bond motifs is 1. The topological polar surface area (TPSA) is 47.4 Å². The smallest absolute Gasteiger partial charge is 0.358 e. The Balaban J connectivity index is 1.96. The maximum atomic E-state index is 12.0. The molecule has 1 aliphatic heterocycles. The number of hydrogen-bond donors (Lipinski definition) is 0. The Morgan fingerprint density at radius 1 is 1.32 bits per heavy atom. The molecule has 1 aromatic carbocycles. The maximum Gasteiger partial charge on any atom is 0.358 e. The highest BCUT2D eigenvalue weighted by Gasteiger charge is 2.28. The van der Waals surface area contributed by atoms with Crippen molar-refractivity contribution in [1.29, 1.82) is 0 Å². The summed E-state index contributed by atoms with van der Waals surface area (Å²) in [6.45, 7) is 4.59. The first-order valence-corrected chi connectivity index (χ1v) is 7.71.